The number of hydrogen-bond acceptors (Lipinski definition) is 3. The van der Waals surface area contributed by atoms with Crippen LogP contribution in [0, 0.1) is 17.8 Å². The molecule has 4 bridgehead atoms. The molecule has 5 nitrogen and oxygen atoms in total. The van der Waals surface area contributed by atoms with Crippen LogP contribution in [0.4, 0.5) is 9.18 Å². The maximum absolute atomic E-state index is 13.5. The minimum atomic E-state index is -1.48. The third-order valence-corrected chi connectivity index (χ3v) is 7.13. The number of unbranched alkanes of at least 4 members (excludes halogenated alkanes) is 5. The number of ether oxygens (including phenoxy) is 1. The van der Waals surface area contributed by atoms with E-state index >= 15 is 0 Å². The summed E-state index contributed by atoms with van der Waals surface area (Å²) in [7, 11) is 0. The number of esters is 1. The van der Waals surface area contributed by atoms with E-state index in [2.05, 4.69) is 15.4 Å². The molecular weight excluding hydrogens is 371 g/mol. The van der Waals surface area contributed by atoms with Crippen LogP contribution in [0.25, 0.3) is 0 Å². The van der Waals surface area contributed by atoms with Crippen LogP contribution in [0.5, 0.6) is 0 Å². The van der Waals surface area contributed by atoms with E-state index in [0.29, 0.717) is 13.0 Å². The molecule has 0 heterocycles. The lowest BCUT2D eigenvalue weighted by Gasteiger charge is -2.56. The molecule has 1 unspecified atom stereocenters. The molecular formula is C23H39FN2O3. The first kappa shape index (κ1) is 22.4. The molecule has 29 heavy (non-hydrogen) atoms. The minimum absolute atomic E-state index is 0.0138. The standard InChI is InChI=1S/C23H39FN2O3/c1-2-29-21(27)20(24)9-7-5-3-4-6-8-10-25-22(28)26-23-14-17-11-18(15-23)13-19(12-17)16-23/h17-20H,2-16H2,1H3,(H2,25,26,28). The summed E-state index contributed by atoms with van der Waals surface area (Å²) in [5.74, 6) is 1.79. The van der Waals surface area contributed by atoms with Gasteiger partial charge in [-0.15, -0.1) is 0 Å². The highest BCUT2D eigenvalue weighted by atomic mass is 19.1. The van der Waals surface area contributed by atoms with Crippen LogP contribution in [-0.4, -0.2) is 36.9 Å². The van der Waals surface area contributed by atoms with Gasteiger partial charge in [0.05, 0.1) is 6.61 Å². The van der Waals surface area contributed by atoms with Gasteiger partial charge in [0, 0.05) is 12.1 Å². The van der Waals surface area contributed by atoms with Gasteiger partial charge in [-0.2, -0.15) is 0 Å². The summed E-state index contributed by atoms with van der Waals surface area (Å²) >= 11 is 0. The zero-order chi connectivity index (χ0) is 20.7. The highest BCUT2D eigenvalue weighted by Gasteiger charge is 2.51. The Bertz CT molecular complexity index is 519. The molecule has 0 aromatic carbocycles. The van der Waals surface area contributed by atoms with Crippen molar-refractivity contribution in [3.05, 3.63) is 0 Å². The van der Waals surface area contributed by atoms with Gasteiger partial charge in [0.2, 0.25) is 0 Å². The number of hydrogen-bond donors (Lipinski definition) is 2. The zero-order valence-electron chi connectivity index (χ0n) is 18.0. The smallest absolute Gasteiger partial charge is 0.340 e. The predicted octanol–water partition coefficient (Wildman–Crippen LogP) is 4.89. The molecule has 0 radical (unpaired) electrons. The summed E-state index contributed by atoms with van der Waals surface area (Å²) in [4.78, 5) is 23.6. The summed E-state index contributed by atoms with van der Waals surface area (Å²) in [6.07, 6.45) is 12.3. The average molecular weight is 411 g/mol. The van der Waals surface area contributed by atoms with E-state index in [1.807, 2.05) is 0 Å². The second-order valence-corrected chi connectivity index (χ2v) is 9.71. The average Bonchev–Trinajstić information content (AvgIpc) is 2.65. The molecule has 0 aromatic heterocycles. The Hall–Kier alpha value is -1.33. The van der Waals surface area contributed by atoms with Crippen molar-refractivity contribution in [3.8, 4) is 0 Å². The first-order valence-electron chi connectivity index (χ1n) is 11.9. The molecule has 0 aromatic rings. The van der Waals surface area contributed by atoms with Crippen molar-refractivity contribution in [2.75, 3.05) is 13.2 Å². The number of alkyl halides is 1. The molecule has 4 saturated carbocycles. The van der Waals surface area contributed by atoms with Crippen LogP contribution in [0.1, 0.15) is 90.4 Å². The van der Waals surface area contributed by atoms with E-state index in [1.165, 1.54) is 38.5 Å². The van der Waals surface area contributed by atoms with Crippen LogP contribution in [-0.2, 0) is 9.53 Å². The molecule has 4 rings (SSSR count). The van der Waals surface area contributed by atoms with Crippen molar-refractivity contribution < 1.29 is 18.7 Å². The van der Waals surface area contributed by atoms with Crippen LogP contribution in [0.15, 0.2) is 0 Å². The molecule has 166 valence electrons. The van der Waals surface area contributed by atoms with Gasteiger partial charge in [-0.3, -0.25) is 0 Å². The van der Waals surface area contributed by atoms with Crippen molar-refractivity contribution in [2.45, 2.75) is 102 Å². The van der Waals surface area contributed by atoms with Gasteiger partial charge in [-0.05, 0) is 82.5 Å². The van der Waals surface area contributed by atoms with Crippen molar-refractivity contribution >= 4 is 12.0 Å². The number of carbonyl (C=O) groups is 2. The van der Waals surface area contributed by atoms with Crippen LogP contribution >= 0.6 is 0 Å². The van der Waals surface area contributed by atoms with E-state index in [-0.39, 0.29) is 24.6 Å². The van der Waals surface area contributed by atoms with Crippen molar-refractivity contribution in [1.82, 2.24) is 10.6 Å². The Labute approximate surface area is 174 Å². The SMILES string of the molecule is CCOC(=O)C(F)CCCCCCCCNC(=O)NC12CC3CC(CC(C3)C1)C2. The van der Waals surface area contributed by atoms with Crippen molar-refractivity contribution in [1.29, 1.82) is 0 Å². The number of rotatable bonds is 12. The summed E-state index contributed by atoms with van der Waals surface area (Å²) < 4.78 is 18.2. The van der Waals surface area contributed by atoms with Crippen LogP contribution in [0.3, 0.4) is 0 Å². The minimum Gasteiger partial charge on any atom is -0.464 e. The molecule has 0 aliphatic heterocycles. The third kappa shape index (κ3) is 6.58. The highest BCUT2D eigenvalue weighted by molar-refractivity contribution is 5.75. The van der Waals surface area contributed by atoms with Crippen LogP contribution in [0.2, 0.25) is 0 Å². The normalized spacial score (nSPS) is 30.8. The fourth-order valence-electron chi connectivity index (χ4n) is 6.26. The summed E-state index contributed by atoms with van der Waals surface area (Å²) in [5.41, 5.74) is 0.0800. The lowest BCUT2D eigenvalue weighted by molar-refractivity contribution is -0.149. The molecule has 4 aliphatic rings. The van der Waals surface area contributed by atoms with E-state index in [1.54, 1.807) is 6.92 Å². The Morgan fingerprint density at radius 1 is 0.966 bits per heavy atom. The van der Waals surface area contributed by atoms with Gasteiger partial charge in [0.25, 0.3) is 0 Å². The summed E-state index contributed by atoms with van der Waals surface area (Å²) in [5, 5.41) is 6.40. The topological polar surface area (TPSA) is 67.4 Å². The second-order valence-electron chi connectivity index (χ2n) is 9.71. The predicted molar refractivity (Wildman–Crippen MR) is 111 cm³/mol. The first-order valence-corrected chi connectivity index (χ1v) is 11.9. The largest absolute Gasteiger partial charge is 0.464 e. The quantitative estimate of drug-likeness (QED) is 0.356. The lowest BCUT2D eigenvalue weighted by Crippen LogP contribution is -2.61. The molecule has 4 fully saturated rings. The Morgan fingerprint density at radius 2 is 1.52 bits per heavy atom. The molecule has 1 atom stereocenters. The Kier molecular flexibility index (Phi) is 8.19. The van der Waals surface area contributed by atoms with E-state index in [4.69, 9.17) is 0 Å². The van der Waals surface area contributed by atoms with Gasteiger partial charge >= 0.3 is 12.0 Å². The molecule has 4 aliphatic carbocycles. The van der Waals surface area contributed by atoms with Gasteiger partial charge in [-0.1, -0.05) is 25.7 Å². The van der Waals surface area contributed by atoms with Crippen molar-refractivity contribution in [3.63, 3.8) is 0 Å². The van der Waals surface area contributed by atoms with E-state index < -0.39 is 12.1 Å². The number of nitrogens with one attached hydrogen (secondary N) is 2. The van der Waals surface area contributed by atoms with Crippen LogP contribution < -0.4 is 10.6 Å². The number of halogens is 1. The maximum atomic E-state index is 13.5. The van der Waals surface area contributed by atoms with Gasteiger partial charge in [-0.25, -0.2) is 14.0 Å². The molecule has 0 saturated heterocycles. The van der Waals surface area contributed by atoms with Gasteiger partial charge in [0.15, 0.2) is 6.17 Å². The fraction of sp³-hybridized carbons (Fsp3) is 0.913. The molecule has 2 N–H and O–H groups in total. The maximum Gasteiger partial charge on any atom is 0.340 e. The molecule has 0 spiro atoms. The fourth-order valence-corrected chi connectivity index (χ4v) is 6.26. The van der Waals surface area contributed by atoms with Crippen molar-refractivity contribution in [2.24, 2.45) is 17.8 Å². The molecule has 6 heteroatoms. The summed E-state index contributed by atoms with van der Waals surface area (Å²) in [6.45, 7) is 2.63. The first-order chi connectivity index (χ1) is 14.0. The Morgan fingerprint density at radius 3 is 2.10 bits per heavy atom. The Balaban J connectivity index is 1.18. The monoisotopic (exact) mass is 410 g/mol. The van der Waals surface area contributed by atoms with E-state index in [9.17, 15) is 14.0 Å². The van der Waals surface area contributed by atoms with Gasteiger partial charge in [0.1, 0.15) is 0 Å². The number of urea groups is 1. The third-order valence-electron chi connectivity index (χ3n) is 7.13. The number of amides is 2. The summed E-state index contributed by atoms with van der Waals surface area (Å²) in [6, 6.07) is 0.0138. The lowest BCUT2D eigenvalue weighted by atomic mass is 9.53. The highest BCUT2D eigenvalue weighted by Crippen LogP contribution is 2.55. The molecule has 2 amide bonds. The van der Waals surface area contributed by atoms with E-state index in [0.717, 1.165) is 49.9 Å². The zero-order valence-corrected chi connectivity index (χ0v) is 18.0. The van der Waals surface area contributed by atoms with Gasteiger partial charge < -0.3 is 15.4 Å². The second kappa shape index (κ2) is 10.6. The number of carbonyl (C=O) groups excluding carboxylic acids is 2.